The summed E-state index contributed by atoms with van der Waals surface area (Å²) in [6, 6.07) is 7.61. The van der Waals surface area contributed by atoms with Crippen molar-refractivity contribution in [1.29, 1.82) is 0 Å². The number of carbonyl (C=O) groups excluding carboxylic acids is 1. The van der Waals surface area contributed by atoms with E-state index >= 15 is 0 Å². The molecule has 7 heteroatoms. The zero-order chi connectivity index (χ0) is 15.0. The summed E-state index contributed by atoms with van der Waals surface area (Å²) < 4.78 is 25.2. The molecule has 0 spiro atoms. The van der Waals surface area contributed by atoms with Gasteiger partial charge < -0.3 is 9.15 Å². The minimum absolute atomic E-state index is 0.0435. The van der Waals surface area contributed by atoms with Gasteiger partial charge in [-0.25, -0.2) is 14.2 Å². The van der Waals surface area contributed by atoms with E-state index in [1.807, 2.05) is 0 Å². The molecule has 0 aliphatic carbocycles. The smallest absolute Gasteiger partial charge is 0.363 e. The predicted octanol–water partition coefficient (Wildman–Crippen LogP) is 4.29. The fourth-order valence-electron chi connectivity index (χ4n) is 1.73. The van der Waals surface area contributed by atoms with Crippen LogP contribution in [-0.4, -0.2) is 11.9 Å². The van der Waals surface area contributed by atoms with Crippen LogP contribution in [-0.2, 0) is 9.53 Å². The number of nitrogens with zero attached hydrogens (tertiary/aromatic N) is 1. The molecule has 0 atom stereocenters. The van der Waals surface area contributed by atoms with Gasteiger partial charge in [-0.2, -0.15) is 0 Å². The summed E-state index contributed by atoms with van der Waals surface area (Å²) in [5.74, 6) is -0.807. The van der Waals surface area contributed by atoms with Gasteiger partial charge in [-0.1, -0.05) is 12.1 Å². The maximum atomic E-state index is 13.7. The van der Waals surface area contributed by atoms with Crippen LogP contribution in [0.5, 0.6) is 0 Å². The van der Waals surface area contributed by atoms with E-state index in [4.69, 9.17) is 9.15 Å². The lowest BCUT2D eigenvalue weighted by Crippen LogP contribution is -2.07. The van der Waals surface area contributed by atoms with Crippen LogP contribution in [0.25, 0.3) is 6.08 Å². The van der Waals surface area contributed by atoms with Crippen molar-refractivity contribution in [2.24, 2.45) is 4.99 Å². The molecule has 1 aromatic carbocycles. The number of carbonyl (C=O) groups is 1. The second-order valence-corrected chi connectivity index (χ2v) is 5.66. The molecule has 0 radical (unpaired) electrons. The summed E-state index contributed by atoms with van der Waals surface area (Å²) in [5.41, 5.74) is 0.179. The molecule has 0 saturated heterocycles. The van der Waals surface area contributed by atoms with E-state index in [2.05, 4.69) is 36.9 Å². The Morgan fingerprint density at radius 1 is 1.24 bits per heavy atom. The second kappa shape index (κ2) is 5.57. The first-order chi connectivity index (χ1) is 10.0. The first-order valence-corrected chi connectivity index (χ1v) is 7.35. The highest BCUT2D eigenvalue weighted by molar-refractivity contribution is 9.13. The van der Waals surface area contributed by atoms with E-state index in [-0.39, 0.29) is 17.2 Å². The molecule has 0 saturated carbocycles. The highest BCUT2D eigenvalue weighted by atomic mass is 79.9. The van der Waals surface area contributed by atoms with E-state index in [0.717, 1.165) is 0 Å². The van der Waals surface area contributed by atoms with Gasteiger partial charge >= 0.3 is 5.97 Å². The molecule has 0 fully saturated rings. The molecule has 0 N–H and O–H groups in total. The number of aliphatic imine (C=N–C) groups is 1. The molecule has 1 aliphatic heterocycles. The van der Waals surface area contributed by atoms with Crippen molar-refractivity contribution >= 4 is 49.8 Å². The maximum absolute atomic E-state index is 13.7. The Balaban J connectivity index is 1.97. The highest BCUT2D eigenvalue weighted by Gasteiger charge is 2.26. The number of cyclic esters (lactones) is 1. The van der Waals surface area contributed by atoms with Crippen molar-refractivity contribution in [1.82, 2.24) is 0 Å². The van der Waals surface area contributed by atoms with Crippen molar-refractivity contribution < 1.29 is 18.3 Å². The van der Waals surface area contributed by atoms with Crippen molar-refractivity contribution in [3.63, 3.8) is 0 Å². The Morgan fingerprint density at radius 3 is 2.67 bits per heavy atom. The van der Waals surface area contributed by atoms with Crippen LogP contribution in [0.4, 0.5) is 4.39 Å². The van der Waals surface area contributed by atoms with E-state index in [0.29, 0.717) is 14.9 Å². The second-order valence-electron chi connectivity index (χ2n) is 4.09. The maximum Gasteiger partial charge on any atom is 0.363 e. The van der Waals surface area contributed by atoms with Crippen LogP contribution < -0.4 is 0 Å². The van der Waals surface area contributed by atoms with Gasteiger partial charge in [0, 0.05) is 6.08 Å². The predicted molar refractivity (Wildman–Crippen MR) is 81.1 cm³/mol. The van der Waals surface area contributed by atoms with E-state index in [9.17, 15) is 9.18 Å². The number of rotatable bonds is 2. The van der Waals surface area contributed by atoms with Gasteiger partial charge in [-0.3, -0.25) is 0 Å². The Kier molecular flexibility index (Phi) is 3.77. The lowest BCUT2D eigenvalue weighted by molar-refractivity contribution is -0.129. The fraction of sp³-hybridized carbons (Fsp3) is 0. The van der Waals surface area contributed by atoms with Gasteiger partial charge in [0.15, 0.2) is 10.4 Å². The molecule has 2 aromatic rings. The lowest BCUT2D eigenvalue weighted by atomic mass is 10.2. The van der Waals surface area contributed by atoms with Crippen molar-refractivity contribution in [3.8, 4) is 0 Å². The molecule has 0 unspecified atom stereocenters. The minimum atomic E-state index is -0.656. The first-order valence-electron chi connectivity index (χ1n) is 5.77. The summed E-state index contributed by atoms with van der Waals surface area (Å²) >= 11 is 6.46. The number of esters is 1. The summed E-state index contributed by atoms with van der Waals surface area (Å²) in [4.78, 5) is 15.8. The number of halogens is 3. The Hall–Kier alpha value is -1.73. The van der Waals surface area contributed by atoms with E-state index < -0.39 is 11.8 Å². The number of benzene rings is 1. The Morgan fingerprint density at radius 2 is 2.00 bits per heavy atom. The van der Waals surface area contributed by atoms with Crippen LogP contribution >= 0.6 is 31.9 Å². The normalized spacial score (nSPS) is 16.2. The first kappa shape index (κ1) is 14.2. The largest absolute Gasteiger partial charge is 0.449 e. The summed E-state index contributed by atoms with van der Waals surface area (Å²) in [5, 5.41) is 0. The molecule has 21 heavy (non-hydrogen) atoms. The van der Waals surface area contributed by atoms with E-state index in [1.165, 1.54) is 18.2 Å². The highest BCUT2D eigenvalue weighted by Crippen LogP contribution is 2.29. The van der Waals surface area contributed by atoms with Gasteiger partial charge in [-0.15, -0.1) is 0 Å². The van der Waals surface area contributed by atoms with Gasteiger partial charge in [-0.05, 0) is 50.1 Å². The van der Waals surface area contributed by atoms with E-state index in [1.54, 1.807) is 18.2 Å². The SMILES string of the molecule is O=C1OC(c2ccccc2F)=N/C1=C\c1cc(Br)c(Br)o1. The molecular formula is C14H6Br2FNO3. The topological polar surface area (TPSA) is 51.8 Å². The van der Waals surface area contributed by atoms with Crippen molar-refractivity contribution in [2.45, 2.75) is 0 Å². The van der Waals surface area contributed by atoms with Crippen LogP contribution in [0, 0.1) is 5.82 Å². The van der Waals surface area contributed by atoms with Gasteiger partial charge in [0.1, 0.15) is 11.6 Å². The molecule has 4 nitrogen and oxygen atoms in total. The monoisotopic (exact) mass is 413 g/mol. The van der Waals surface area contributed by atoms with Gasteiger partial charge in [0.25, 0.3) is 0 Å². The molecule has 1 aromatic heterocycles. The standard InChI is InChI=1S/C14H6Br2FNO3/c15-9-5-7(20-12(9)16)6-11-14(19)21-13(18-11)8-3-1-2-4-10(8)17/h1-6H/b11-6-. The third-order valence-electron chi connectivity index (χ3n) is 2.67. The quantitative estimate of drug-likeness (QED) is 0.544. The summed E-state index contributed by atoms with van der Waals surface area (Å²) in [7, 11) is 0. The molecule has 106 valence electrons. The summed E-state index contributed by atoms with van der Waals surface area (Å²) in [6.45, 7) is 0. The molecule has 1 aliphatic rings. The number of furan rings is 1. The van der Waals surface area contributed by atoms with Crippen LogP contribution in [0.2, 0.25) is 0 Å². The fourth-order valence-corrected chi connectivity index (χ4v) is 2.34. The zero-order valence-electron chi connectivity index (χ0n) is 10.3. The van der Waals surface area contributed by atoms with Crippen LogP contribution in [0.1, 0.15) is 11.3 Å². The van der Waals surface area contributed by atoms with Gasteiger partial charge in [0.2, 0.25) is 5.90 Å². The molecule has 0 amide bonds. The summed E-state index contributed by atoms with van der Waals surface area (Å²) in [6.07, 6.45) is 1.42. The molecule has 2 heterocycles. The Labute approximate surface area is 135 Å². The third-order valence-corrected chi connectivity index (χ3v) is 4.38. The molecule has 0 bridgehead atoms. The van der Waals surface area contributed by atoms with Crippen molar-refractivity contribution in [3.05, 3.63) is 62.3 Å². The Bertz CT molecular complexity index is 776. The van der Waals surface area contributed by atoms with Gasteiger partial charge in [0.05, 0.1) is 10.0 Å². The molecular weight excluding hydrogens is 409 g/mol. The van der Waals surface area contributed by atoms with Crippen molar-refractivity contribution in [2.75, 3.05) is 0 Å². The average molecular weight is 415 g/mol. The zero-order valence-corrected chi connectivity index (χ0v) is 13.4. The van der Waals surface area contributed by atoms with Crippen LogP contribution in [0.15, 0.2) is 54.6 Å². The number of ether oxygens (including phenoxy) is 1. The van der Waals surface area contributed by atoms with Crippen LogP contribution in [0.3, 0.4) is 0 Å². The molecule has 3 rings (SSSR count). The number of hydrogen-bond acceptors (Lipinski definition) is 4. The average Bonchev–Trinajstić information content (AvgIpc) is 2.95. The third kappa shape index (κ3) is 2.84. The number of hydrogen-bond donors (Lipinski definition) is 0. The lowest BCUT2D eigenvalue weighted by Gasteiger charge is -1.99. The minimum Gasteiger partial charge on any atom is -0.449 e.